The van der Waals surface area contributed by atoms with Crippen molar-refractivity contribution in [2.24, 2.45) is 0 Å². The second kappa shape index (κ2) is 6.73. The van der Waals surface area contributed by atoms with Gasteiger partial charge in [-0.25, -0.2) is 0 Å². The van der Waals surface area contributed by atoms with Gasteiger partial charge in [-0.3, -0.25) is 0 Å². The second-order valence-corrected chi connectivity index (χ2v) is 6.08. The number of benzene rings is 1. The molecule has 106 valence electrons. The molecule has 0 unspecified atom stereocenters. The van der Waals surface area contributed by atoms with E-state index in [4.69, 9.17) is 4.74 Å². The van der Waals surface area contributed by atoms with E-state index in [2.05, 4.69) is 34.2 Å². The van der Waals surface area contributed by atoms with Gasteiger partial charge in [0.1, 0.15) is 12.4 Å². The summed E-state index contributed by atoms with van der Waals surface area (Å²) in [5, 5.41) is 13.7. The number of halogens is 1. The van der Waals surface area contributed by atoms with Gasteiger partial charge in [-0.1, -0.05) is 31.9 Å². The smallest absolute Gasteiger partial charge is 0.138 e. The number of para-hydroxylation sites is 1. The molecule has 2 N–H and O–H groups in total. The standard InChI is InChI=1S/C15H22BrNO2/c1-2-17-10-12-6-5-7-13(16)14(12)19-11-15(18)8-3-4-9-15/h5-7,17-18H,2-4,8-11H2,1H3. The van der Waals surface area contributed by atoms with Crippen LogP contribution in [0.15, 0.2) is 22.7 Å². The molecule has 19 heavy (non-hydrogen) atoms. The highest BCUT2D eigenvalue weighted by Gasteiger charge is 2.32. The lowest BCUT2D eigenvalue weighted by Gasteiger charge is -2.23. The van der Waals surface area contributed by atoms with Gasteiger partial charge in [-0.15, -0.1) is 0 Å². The van der Waals surface area contributed by atoms with Crippen LogP contribution in [0.3, 0.4) is 0 Å². The Morgan fingerprint density at radius 2 is 2.11 bits per heavy atom. The predicted molar refractivity (Wildman–Crippen MR) is 80.4 cm³/mol. The monoisotopic (exact) mass is 327 g/mol. The lowest BCUT2D eigenvalue weighted by Crippen LogP contribution is -2.32. The van der Waals surface area contributed by atoms with Crippen molar-refractivity contribution in [2.75, 3.05) is 13.2 Å². The van der Waals surface area contributed by atoms with Crippen molar-refractivity contribution in [3.05, 3.63) is 28.2 Å². The molecule has 0 saturated heterocycles. The van der Waals surface area contributed by atoms with Crippen LogP contribution in [0.5, 0.6) is 5.75 Å². The Morgan fingerprint density at radius 1 is 1.37 bits per heavy atom. The van der Waals surface area contributed by atoms with Crippen molar-refractivity contribution in [1.82, 2.24) is 5.32 Å². The first kappa shape index (κ1) is 14.8. The Kier molecular flexibility index (Phi) is 5.25. The Morgan fingerprint density at radius 3 is 2.79 bits per heavy atom. The fraction of sp³-hybridized carbons (Fsp3) is 0.600. The Balaban J connectivity index is 2.05. The fourth-order valence-corrected chi connectivity index (χ4v) is 3.02. The largest absolute Gasteiger partial charge is 0.489 e. The van der Waals surface area contributed by atoms with Crippen molar-refractivity contribution >= 4 is 15.9 Å². The molecule has 0 amide bonds. The molecular formula is C15H22BrNO2. The van der Waals surface area contributed by atoms with E-state index in [0.29, 0.717) is 6.61 Å². The zero-order valence-electron chi connectivity index (χ0n) is 11.4. The normalized spacial score (nSPS) is 17.6. The highest BCUT2D eigenvalue weighted by molar-refractivity contribution is 9.10. The average molecular weight is 328 g/mol. The minimum absolute atomic E-state index is 0.384. The predicted octanol–water partition coefficient (Wildman–Crippen LogP) is 3.24. The number of ether oxygens (including phenoxy) is 1. The van der Waals surface area contributed by atoms with E-state index < -0.39 is 5.60 Å². The van der Waals surface area contributed by atoms with Gasteiger partial charge in [0.2, 0.25) is 0 Å². The molecule has 0 atom stereocenters. The molecule has 0 heterocycles. The van der Waals surface area contributed by atoms with E-state index in [0.717, 1.165) is 54.6 Å². The molecule has 2 rings (SSSR count). The third-order valence-corrected chi connectivity index (χ3v) is 4.26. The van der Waals surface area contributed by atoms with Crippen LogP contribution in [0.25, 0.3) is 0 Å². The molecule has 4 heteroatoms. The topological polar surface area (TPSA) is 41.5 Å². The van der Waals surface area contributed by atoms with Crippen molar-refractivity contribution in [2.45, 2.75) is 44.8 Å². The van der Waals surface area contributed by atoms with Crippen LogP contribution in [0, 0.1) is 0 Å². The summed E-state index contributed by atoms with van der Waals surface area (Å²) in [7, 11) is 0. The van der Waals surface area contributed by atoms with Gasteiger partial charge >= 0.3 is 0 Å². The number of aliphatic hydroxyl groups is 1. The van der Waals surface area contributed by atoms with Gasteiger partial charge in [0.25, 0.3) is 0 Å². The van der Waals surface area contributed by atoms with Crippen LogP contribution in [-0.4, -0.2) is 23.9 Å². The van der Waals surface area contributed by atoms with E-state index in [-0.39, 0.29) is 0 Å². The summed E-state index contributed by atoms with van der Waals surface area (Å²) in [5.41, 5.74) is 0.489. The van der Waals surface area contributed by atoms with Gasteiger partial charge in [0, 0.05) is 12.1 Å². The quantitative estimate of drug-likeness (QED) is 0.842. The first-order valence-corrected chi connectivity index (χ1v) is 7.77. The summed E-state index contributed by atoms with van der Waals surface area (Å²) in [6, 6.07) is 6.04. The van der Waals surface area contributed by atoms with E-state index in [1.54, 1.807) is 0 Å². The zero-order valence-corrected chi connectivity index (χ0v) is 13.0. The second-order valence-electron chi connectivity index (χ2n) is 5.23. The third-order valence-electron chi connectivity index (χ3n) is 3.63. The molecule has 0 aromatic heterocycles. The fourth-order valence-electron chi connectivity index (χ4n) is 2.50. The molecule has 1 aromatic rings. The Bertz CT molecular complexity index is 417. The van der Waals surface area contributed by atoms with E-state index in [1.165, 1.54) is 0 Å². The molecule has 3 nitrogen and oxygen atoms in total. The molecule has 0 spiro atoms. The van der Waals surface area contributed by atoms with Gasteiger partial charge in [-0.2, -0.15) is 0 Å². The minimum atomic E-state index is -0.634. The first-order valence-electron chi connectivity index (χ1n) is 6.98. The Labute approximate surface area is 123 Å². The lowest BCUT2D eigenvalue weighted by atomic mass is 10.0. The molecule has 0 aliphatic heterocycles. The van der Waals surface area contributed by atoms with Crippen molar-refractivity contribution in [3.63, 3.8) is 0 Å². The summed E-state index contributed by atoms with van der Waals surface area (Å²) in [6.45, 7) is 4.17. The number of hydrogen-bond donors (Lipinski definition) is 2. The third kappa shape index (κ3) is 3.94. The number of hydrogen-bond acceptors (Lipinski definition) is 3. The Hall–Kier alpha value is -0.580. The molecule has 0 bridgehead atoms. The molecule has 1 fully saturated rings. The highest BCUT2D eigenvalue weighted by atomic mass is 79.9. The maximum Gasteiger partial charge on any atom is 0.138 e. The van der Waals surface area contributed by atoms with Crippen LogP contribution in [0.2, 0.25) is 0 Å². The van der Waals surface area contributed by atoms with Gasteiger partial charge in [0.15, 0.2) is 0 Å². The van der Waals surface area contributed by atoms with Crippen LogP contribution < -0.4 is 10.1 Å². The highest BCUT2D eigenvalue weighted by Crippen LogP contribution is 2.33. The summed E-state index contributed by atoms with van der Waals surface area (Å²) < 4.78 is 6.86. The number of rotatable bonds is 6. The molecule has 1 aliphatic rings. The minimum Gasteiger partial charge on any atom is -0.489 e. The maximum absolute atomic E-state index is 10.4. The van der Waals surface area contributed by atoms with E-state index in [1.807, 2.05) is 12.1 Å². The molecular weight excluding hydrogens is 306 g/mol. The van der Waals surface area contributed by atoms with E-state index in [9.17, 15) is 5.11 Å². The summed E-state index contributed by atoms with van der Waals surface area (Å²) >= 11 is 3.53. The van der Waals surface area contributed by atoms with Crippen LogP contribution >= 0.6 is 15.9 Å². The molecule has 1 aromatic carbocycles. The molecule has 1 saturated carbocycles. The maximum atomic E-state index is 10.4. The SMILES string of the molecule is CCNCc1cccc(Br)c1OCC1(O)CCCC1. The molecule has 0 radical (unpaired) electrons. The van der Waals surface area contributed by atoms with Gasteiger partial charge in [0.05, 0.1) is 10.1 Å². The number of nitrogens with one attached hydrogen (secondary N) is 1. The van der Waals surface area contributed by atoms with Crippen LogP contribution in [-0.2, 0) is 6.54 Å². The summed E-state index contributed by atoms with van der Waals surface area (Å²) in [6.07, 6.45) is 3.89. The molecule has 1 aliphatic carbocycles. The lowest BCUT2D eigenvalue weighted by molar-refractivity contribution is 0.000884. The van der Waals surface area contributed by atoms with Crippen molar-refractivity contribution in [3.8, 4) is 5.75 Å². The van der Waals surface area contributed by atoms with Gasteiger partial charge < -0.3 is 15.2 Å². The summed E-state index contributed by atoms with van der Waals surface area (Å²) in [4.78, 5) is 0. The summed E-state index contributed by atoms with van der Waals surface area (Å²) in [5.74, 6) is 0.851. The average Bonchev–Trinajstić information content (AvgIpc) is 2.82. The van der Waals surface area contributed by atoms with Crippen LogP contribution in [0.4, 0.5) is 0 Å². The van der Waals surface area contributed by atoms with E-state index >= 15 is 0 Å². The van der Waals surface area contributed by atoms with Crippen LogP contribution in [0.1, 0.15) is 38.2 Å². The van der Waals surface area contributed by atoms with Gasteiger partial charge in [-0.05, 0) is 41.4 Å². The zero-order chi connectivity index (χ0) is 13.7. The van der Waals surface area contributed by atoms with Crippen molar-refractivity contribution in [1.29, 1.82) is 0 Å². The first-order chi connectivity index (χ1) is 9.14. The van der Waals surface area contributed by atoms with Crippen molar-refractivity contribution < 1.29 is 9.84 Å².